The first kappa shape index (κ1) is 15.0. The quantitative estimate of drug-likeness (QED) is 0.626. The zero-order chi connectivity index (χ0) is 15.1. The fourth-order valence-electron chi connectivity index (χ4n) is 2.05. The van der Waals surface area contributed by atoms with Gasteiger partial charge < -0.3 is 10.1 Å². The van der Waals surface area contributed by atoms with Gasteiger partial charge in [-0.2, -0.15) is 0 Å². The van der Waals surface area contributed by atoms with Crippen LogP contribution in [0.25, 0.3) is 0 Å². The molecule has 0 saturated carbocycles. The molecule has 0 amide bonds. The third-order valence-electron chi connectivity index (χ3n) is 3.07. The van der Waals surface area contributed by atoms with Crippen LogP contribution in [-0.2, 0) is 13.1 Å². The topological polar surface area (TPSA) is 64.4 Å². The molecule has 110 valence electrons. The van der Waals surface area contributed by atoms with Crippen molar-refractivity contribution < 1.29 is 9.66 Å². The monoisotopic (exact) mass is 286 g/mol. The number of nitrogens with zero attached hydrogens (tertiary/aromatic N) is 1. The molecule has 0 bridgehead atoms. The van der Waals surface area contributed by atoms with E-state index in [0.717, 1.165) is 11.3 Å². The molecule has 2 aromatic carbocycles. The number of para-hydroxylation sites is 1. The van der Waals surface area contributed by atoms with E-state index in [4.69, 9.17) is 4.74 Å². The number of hydrogen-bond donors (Lipinski definition) is 1. The molecule has 0 fully saturated rings. The predicted octanol–water partition coefficient (Wildman–Crippen LogP) is 3.28. The van der Waals surface area contributed by atoms with E-state index in [1.807, 2.05) is 31.2 Å². The summed E-state index contributed by atoms with van der Waals surface area (Å²) in [5.41, 5.74) is 1.95. The molecule has 0 aliphatic rings. The number of rotatable bonds is 7. The molecule has 0 aliphatic heterocycles. The molecule has 2 rings (SSSR count). The van der Waals surface area contributed by atoms with Crippen LogP contribution in [0.15, 0.2) is 48.5 Å². The number of hydrogen-bond acceptors (Lipinski definition) is 4. The maximum Gasteiger partial charge on any atom is 0.273 e. The summed E-state index contributed by atoms with van der Waals surface area (Å²) in [6.07, 6.45) is 0. The lowest BCUT2D eigenvalue weighted by Gasteiger charge is -2.07. The van der Waals surface area contributed by atoms with Gasteiger partial charge in [0.05, 0.1) is 11.5 Å². The zero-order valence-electron chi connectivity index (χ0n) is 11.9. The molecule has 1 N–H and O–H groups in total. The van der Waals surface area contributed by atoms with Crippen LogP contribution in [-0.4, -0.2) is 11.5 Å². The van der Waals surface area contributed by atoms with Crippen molar-refractivity contribution in [2.24, 2.45) is 0 Å². The van der Waals surface area contributed by atoms with Crippen LogP contribution in [0.5, 0.6) is 5.75 Å². The van der Waals surface area contributed by atoms with Crippen LogP contribution in [0.1, 0.15) is 18.1 Å². The molecule has 0 unspecified atom stereocenters. The molecule has 0 aromatic heterocycles. The first-order valence-electron chi connectivity index (χ1n) is 6.85. The first-order chi connectivity index (χ1) is 10.2. The van der Waals surface area contributed by atoms with E-state index in [1.165, 1.54) is 6.07 Å². The van der Waals surface area contributed by atoms with Crippen LogP contribution >= 0.6 is 0 Å². The van der Waals surface area contributed by atoms with Gasteiger partial charge in [-0.1, -0.05) is 30.3 Å². The molecule has 2 aromatic rings. The van der Waals surface area contributed by atoms with Crippen LogP contribution in [0.3, 0.4) is 0 Å². The Morgan fingerprint density at radius 3 is 2.48 bits per heavy atom. The van der Waals surface area contributed by atoms with Crippen molar-refractivity contribution in [1.82, 2.24) is 5.32 Å². The van der Waals surface area contributed by atoms with Gasteiger partial charge in [-0.25, -0.2) is 0 Å². The van der Waals surface area contributed by atoms with Crippen LogP contribution in [0, 0.1) is 10.1 Å². The van der Waals surface area contributed by atoms with Gasteiger partial charge in [0, 0.05) is 24.7 Å². The molecule has 0 saturated heterocycles. The van der Waals surface area contributed by atoms with Gasteiger partial charge in [0.15, 0.2) is 0 Å². The van der Waals surface area contributed by atoms with Crippen LogP contribution in [0.2, 0.25) is 0 Å². The Bertz CT molecular complexity index is 597. The van der Waals surface area contributed by atoms with E-state index >= 15 is 0 Å². The van der Waals surface area contributed by atoms with Crippen LogP contribution in [0.4, 0.5) is 5.69 Å². The molecule has 0 radical (unpaired) electrons. The molecular formula is C16H18N2O3. The summed E-state index contributed by atoms with van der Waals surface area (Å²) in [4.78, 5) is 10.6. The molecule has 21 heavy (non-hydrogen) atoms. The Morgan fingerprint density at radius 1 is 1.10 bits per heavy atom. The van der Waals surface area contributed by atoms with Gasteiger partial charge in [-0.3, -0.25) is 10.1 Å². The van der Waals surface area contributed by atoms with Crippen molar-refractivity contribution in [3.63, 3.8) is 0 Å². The molecule has 0 aliphatic carbocycles. The fraction of sp³-hybridized carbons (Fsp3) is 0.250. The van der Waals surface area contributed by atoms with Crippen molar-refractivity contribution in [3.05, 3.63) is 69.8 Å². The highest BCUT2D eigenvalue weighted by Crippen LogP contribution is 2.17. The zero-order valence-corrected chi connectivity index (χ0v) is 11.9. The predicted molar refractivity (Wildman–Crippen MR) is 81.3 cm³/mol. The van der Waals surface area contributed by atoms with Crippen molar-refractivity contribution in [3.8, 4) is 5.75 Å². The van der Waals surface area contributed by atoms with Crippen molar-refractivity contribution in [1.29, 1.82) is 0 Å². The summed E-state index contributed by atoms with van der Waals surface area (Å²) < 4.78 is 5.38. The third kappa shape index (κ3) is 4.29. The number of nitrogens with one attached hydrogen (secondary N) is 1. The summed E-state index contributed by atoms with van der Waals surface area (Å²) in [5, 5.41) is 14.1. The van der Waals surface area contributed by atoms with E-state index < -0.39 is 0 Å². The van der Waals surface area contributed by atoms with Gasteiger partial charge in [0.2, 0.25) is 0 Å². The Labute approximate surface area is 123 Å². The van der Waals surface area contributed by atoms with Gasteiger partial charge in [0.25, 0.3) is 5.69 Å². The third-order valence-corrected chi connectivity index (χ3v) is 3.07. The van der Waals surface area contributed by atoms with Gasteiger partial charge >= 0.3 is 0 Å². The lowest BCUT2D eigenvalue weighted by Crippen LogP contribution is -2.13. The molecule has 0 atom stereocenters. The number of nitro groups is 1. The molecule has 0 spiro atoms. The standard InChI is InChI=1S/C16H18N2O3/c1-2-21-15-9-7-13(8-10-15)11-17-12-14-5-3-4-6-16(14)18(19)20/h3-10,17H,2,11-12H2,1H3. The molecule has 5 heteroatoms. The van der Waals surface area contributed by atoms with E-state index in [-0.39, 0.29) is 10.6 Å². The van der Waals surface area contributed by atoms with E-state index in [9.17, 15) is 10.1 Å². The minimum absolute atomic E-state index is 0.150. The second-order valence-corrected chi connectivity index (χ2v) is 4.57. The minimum atomic E-state index is -0.353. The highest BCUT2D eigenvalue weighted by molar-refractivity contribution is 5.39. The average Bonchev–Trinajstić information content (AvgIpc) is 2.50. The maximum absolute atomic E-state index is 10.9. The summed E-state index contributed by atoms with van der Waals surface area (Å²) >= 11 is 0. The normalized spacial score (nSPS) is 10.3. The molecule has 0 heterocycles. The molecular weight excluding hydrogens is 268 g/mol. The van der Waals surface area contributed by atoms with E-state index in [0.29, 0.717) is 25.3 Å². The number of benzene rings is 2. The highest BCUT2D eigenvalue weighted by atomic mass is 16.6. The van der Waals surface area contributed by atoms with Gasteiger partial charge in [-0.15, -0.1) is 0 Å². The Kier molecular flexibility index (Phi) is 5.29. The van der Waals surface area contributed by atoms with Crippen molar-refractivity contribution in [2.75, 3.05) is 6.61 Å². The molecule has 5 nitrogen and oxygen atoms in total. The maximum atomic E-state index is 10.9. The lowest BCUT2D eigenvalue weighted by atomic mass is 10.1. The Hall–Kier alpha value is -2.40. The first-order valence-corrected chi connectivity index (χ1v) is 6.85. The smallest absolute Gasteiger partial charge is 0.273 e. The summed E-state index contributed by atoms with van der Waals surface area (Å²) in [6, 6.07) is 14.6. The second kappa shape index (κ2) is 7.40. The summed E-state index contributed by atoms with van der Waals surface area (Å²) in [6.45, 7) is 3.71. The Balaban J connectivity index is 1.91. The summed E-state index contributed by atoms with van der Waals surface area (Å²) in [7, 11) is 0. The highest BCUT2D eigenvalue weighted by Gasteiger charge is 2.11. The van der Waals surface area contributed by atoms with Crippen LogP contribution < -0.4 is 10.1 Å². The van der Waals surface area contributed by atoms with Gasteiger partial charge in [0.1, 0.15) is 5.75 Å². The largest absolute Gasteiger partial charge is 0.494 e. The summed E-state index contributed by atoms with van der Waals surface area (Å²) in [5.74, 6) is 0.847. The van der Waals surface area contributed by atoms with Gasteiger partial charge in [-0.05, 0) is 24.6 Å². The number of nitro benzene ring substituents is 1. The van der Waals surface area contributed by atoms with Crippen molar-refractivity contribution >= 4 is 5.69 Å². The fourth-order valence-corrected chi connectivity index (χ4v) is 2.05. The van der Waals surface area contributed by atoms with Crippen molar-refractivity contribution in [2.45, 2.75) is 20.0 Å². The number of ether oxygens (including phenoxy) is 1. The second-order valence-electron chi connectivity index (χ2n) is 4.57. The minimum Gasteiger partial charge on any atom is -0.494 e. The Morgan fingerprint density at radius 2 is 1.81 bits per heavy atom. The SMILES string of the molecule is CCOc1ccc(CNCc2ccccc2[N+](=O)[O-])cc1. The average molecular weight is 286 g/mol. The van der Waals surface area contributed by atoms with E-state index in [1.54, 1.807) is 18.2 Å². The van der Waals surface area contributed by atoms with E-state index in [2.05, 4.69) is 5.32 Å². The lowest BCUT2D eigenvalue weighted by molar-refractivity contribution is -0.385.